The van der Waals surface area contributed by atoms with E-state index in [1.165, 1.54) is 4.90 Å². The SMILES string of the molecule is Cc1cc(NC(=O)CN(C)C(=O)C2CCNC2C)no1. The van der Waals surface area contributed by atoms with Crippen LogP contribution in [0.15, 0.2) is 10.6 Å². The third kappa shape index (κ3) is 3.36. The first-order chi connectivity index (χ1) is 9.47. The van der Waals surface area contributed by atoms with E-state index in [9.17, 15) is 9.59 Å². The summed E-state index contributed by atoms with van der Waals surface area (Å²) in [5.74, 6) is 0.642. The summed E-state index contributed by atoms with van der Waals surface area (Å²) < 4.78 is 4.86. The summed E-state index contributed by atoms with van der Waals surface area (Å²) in [4.78, 5) is 25.5. The monoisotopic (exact) mass is 280 g/mol. The molecule has 2 amide bonds. The molecule has 0 radical (unpaired) electrons. The second-order valence-electron chi connectivity index (χ2n) is 5.20. The lowest BCUT2D eigenvalue weighted by Gasteiger charge is -2.22. The number of carbonyl (C=O) groups is 2. The third-order valence-corrected chi connectivity index (χ3v) is 3.49. The number of hydrogen-bond acceptors (Lipinski definition) is 5. The Morgan fingerprint density at radius 1 is 1.60 bits per heavy atom. The molecule has 1 fully saturated rings. The highest BCUT2D eigenvalue weighted by molar-refractivity contribution is 5.94. The van der Waals surface area contributed by atoms with Gasteiger partial charge in [0.1, 0.15) is 5.76 Å². The lowest BCUT2D eigenvalue weighted by Crippen LogP contribution is -2.41. The Labute approximate surface area is 117 Å². The number of aromatic nitrogens is 1. The molecule has 1 saturated heterocycles. The van der Waals surface area contributed by atoms with Crippen molar-refractivity contribution < 1.29 is 14.1 Å². The summed E-state index contributed by atoms with van der Waals surface area (Å²) in [6.07, 6.45) is 0.814. The first-order valence-electron chi connectivity index (χ1n) is 6.69. The zero-order chi connectivity index (χ0) is 14.7. The second kappa shape index (κ2) is 6.04. The van der Waals surface area contributed by atoms with Crippen LogP contribution < -0.4 is 10.6 Å². The highest BCUT2D eigenvalue weighted by Gasteiger charge is 2.31. The molecule has 7 nitrogen and oxygen atoms in total. The molecule has 1 aromatic heterocycles. The van der Waals surface area contributed by atoms with Crippen molar-refractivity contribution in [2.45, 2.75) is 26.3 Å². The van der Waals surface area contributed by atoms with Crippen LogP contribution in [0.2, 0.25) is 0 Å². The van der Waals surface area contributed by atoms with E-state index in [-0.39, 0.29) is 30.3 Å². The van der Waals surface area contributed by atoms with E-state index in [2.05, 4.69) is 15.8 Å². The van der Waals surface area contributed by atoms with E-state index < -0.39 is 0 Å². The molecule has 0 spiro atoms. The first kappa shape index (κ1) is 14.5. The maximum atomic E-state index is 12.2. The molecule has 1 aliphatic heterocycles. The standard InChI is InChI=1S/C13H20N4O3/c1-8-6-11(16-20-8)15-12(18)7-17(3)13(19)10-4-5-14-9(10)2/h6,9-10,14H,4-5,7H2,1-3H3,(H,15,16,18). The Morgan fingerprint density at radius 3 is 2.90 bits per heavy atom. The Kier molecular flexibility index (Phi) is 4.39. The Balaban J connectivity index is 1.85. The predicted octanol–water partition coefficient (Wildman–Crippen LogP) is 0.378. The molecule has 7 heteroatoms. The summed E-state index contributed by atoms with van der Waals surface area (Å²) in [7, 11) is 1.64. The average molecular weight is 280 g/mol. The molecule has 2 heterocycles. The van der Waals surface area contributed by atoms with Gasteiger partial charge < -0.3 is 20.1 Å². The van der Waals surface area contributed by atoms with Gasteiger partial charge in [0, 0.05) is 19.2 Å². The van der Waals surface area contributed by atoms with Crippen molar-refractivity contribution in [1.29, 1.82) is 0 Å². The number of nitrogens with one attached hydrogen (secondary N) is 2. The largest absolute Gasteiger partial charge is 0.360 e. The van der Waals surface area contributed by atoms with Crippen molar-refractivity contribution in [2.24, 2.45) is 5.92 Å². The van der Waals surface area contributed by atoms with E-state index >= 15 is 0 Å². The second-order valence-corrected chi connectivity index (χ2v) is 5.20. The van der Waals surface area contributed by atoms with Crippen molar-refractivity contribution in [3.8, 4) is 0 Å². The van der Waals surface area contributed by atoms with Gasteiger partial charge in [-0.05, 0) is 26.8 Å². The van der Waals surface area contributed by atoms with Crippen molar-refractivity contribution in [2.75, 3.05) is 25.5 Å². The number of anilines is 1. The Morgan fingerprint density at radius 2 is 2.35 bits per heavy atom. The zero-order valence-electron chi connectivity index (χ0n) is 12.0. The maximum absolute atomic E-state index is 12.2. The zero-order valence-corrected chi connectivity index (χ0v) is 12.0. The molecular formula is C13H20N4O3. The number of likely N-dealkylation sites (N-methyl/N-ethyl adjacent to an activating group) is 1. The van der Waals surface area contributed by atoms with Crippen LogP contribution in [0.3, 0.4) is 0 Å². The minimum atomic E-state index is -0.284. The molecule has 0 saturated carbocycles. The van der Waals surface area contributed by atoms with Gasteiger partial charge in [0.25, 0.3) is 0 Å². The van der Waals surface area contributed by atoms with E-state index in [0.717, 1.165) is 13.0 Å². The number of carbonyl (C=O) groups excluding carboxylic acids is 2. The smallest absolute Gasteiger partial charge is 0.245 e. The van der Waals surface area contributed by atoms with E-state index in [4.69, 9.17) is 4.52 Å². The number of hydrogen-bond donors (Lipinski definition) is 2. The van der Waals surface area contributed by atoms with E-state index in [1.54, 1.807) is 20.0 Å². The molecule has 1 aliphatic rings. The summed E-state index contributed by atoms with van der Waals surface area (Å²) in [5, 5.41) is 9.50. The van der Waals surface area contributed by atoms with Crippen molar-refractivity contribution in [3.05, 3.63) is 11.8 Å². The molecule has 0 aromatic carbocycles. The minimum Gasteiger partial charge on any atom is -0.360 e. The molecular weight excluding hydrogens is 260 g/mol. The lowest BCUT2D eigenvalue weighted by atomic mass is 10.0. The molecule has 2 unspecified atom stereocenters. The first-order valence-corrected chi connectivity index (χ1v) is 6.69. The fraction of sp³-hybridized carbons (Fsp3) is 0.615. The minimum absolute atomic E-state index is 0.00557. The van der Waals surface area contributed by atoms with E-state index in [1.807, 2.05) is 6.92 Å². The maximum Gasteiger partial charge on any atom is 0.245 e. The van der Waals surface area contributed by atoms with Crippen molar-refractivity contribution >= 4 is 17.6 Å². The summed E-state index contributed by atoms with van der Waals surface area (Å²) in [6, 6.07) is 1.79. The van der Waals surface area contributed by atoms with Gasteiger partial charge >= 0.3 is 0 Å². The fourth-order valence-corrected chi connectivity index (χ4v) is 2.38. The van der Waals surface area contributed by atoms with Gasteiger partial charge in [0.05, 0.1) is 12.5 Å². The highest BCUT2D eigenvalue weighted by Crippen LogP contribution is 2.17. The van der Waals surface area contributed by atoms with Crippen LogP contribution in [0, 0.1) is 12.8 Å². The van der Waals surface area contributed by atoms with Crippen LogP contribution in [0.5, 0.6) is 0 Å². The molecule has 2 atom stereocenters. The van der Waals surface area contributed by atoms with Crippen LogP contribution in [-0.2, 0) is 9.59 Å². The van der Waals surface area contributed by atoms with Crippen LogP contribution >= 0.6 is 0 Å². The van der Waals surface area contributed by atoms with Gasteiger partial charge in [-0.3, -0.25) is 9.59 Å². The van der Waals surface area contributed by atoms with Gasteiger partial charge in [0.15, 0.2) is 5.82 Å². The molecule has 110 valence electrons. The fourth-order valence-electron chi connectivity index (χ4n) is 2.38. The van der Waals surface area contributed by atoms with Gasteiger partial charge in [0.2, 0.25) is 11.8 Å². The Bertz CT molecular complexity index is 500. The van der Waals surface area contributed by atoms with Gasteiger partial charge in [-0.15, -0.1) is 0 Å². The molecule has 1 aromatic rings. The number of aryl methyl sites for hydroxylation is 1. The number of amides is 2. The predicted molar refractivity (Wildman–Crippen MR) is 73.1 cm³/mol. The summed E-state index contributed by atoms with van der Waals surface area (Å²) in [6.45, 7) is 4.58. The van der Waals surface area contributed by atoms with Gasteiger partial charge in [-0.2, -0.15) is 0 Å². The summed E-state index contributed by atoms with van der Waals surface area (Å²) in [5.41, 5.74) is 0. The third-order valence-electron chi connectivity index (χ3n) is 3.49. The molecule has 2 rings (SSSR count). The van der Waals surface area contributed by atoms with Crippen LogP contribution in [-0.4, -0.2) is 48.0 Å². The normalized spacial score (nSPS) is 21.8. The van der Waals surface area contributed by atoms with Crippen LogP contribution in [0.4, 0.5) is 5.82 Å². The quantitative estimate of drug-likeness (QED) is 0.832. The van der Waals surface area contributed by atoms with E-state index in [0.29, 0.717) is 11.6 Å². The summed E-state index contributed by atoms with van der Waals surface area (Å²) >= 11 is 0. The Hall–Kier alpha value is -1.89. The highest BCUT2D eigenvalue weighted by atomic mass is 16.5. The van der Waals surface area contributed by atoms with Gasteiger partial charge in [-0.1, -0.05) is 5.16 Å². The van der Waals surface area contributed by atoms with Crippen LogP contribution in [0.1, 0.15) is 19.1 Å². The molecule has 0 aliphatic carbocycles. The van der Waals surface area contributed by atoms with Gasteiger partial charge in [-0.25, -0.2) is 0 Å². The van der Waals surface area contributed by atoms with Crippen molar-refractivity contribution in [3.63, 3.8) is 0 Å². The van der Waals surface area contributed by atoms with Crippen LogP contribution in [0.25, 0.3) is 0 Å². The average Bonchev–Trinajstić information content (AvgIpc) is 2.97. The molecule has 2 N–H and O–H groups in total. The molecule has 0 bridgehead atoms. The lowest BCUT2D eigenvalue weighted by molar-refractivity contribution is -0.137. The topological polar surface area (TPSA) is 87.5 Å². The number of nitrogens with zero attached hydrogens (tertiary/aromatic N) is 2. The molecule has 20 heavy (non-hydrogen) atoms. The van der Waals surface area contributed by atoms with Crippen molar-refractivity contribution in [1.82, 2.24) is 15.4 Å². The number of rotatable bonds is 4.